The summed E-state index contributed by atoms with van der Waals surface area (Å²) in [6.07, 6.45) is 0. The van der Waals surface area contributed by atoms with Crippen LogP contribution in [0.1, 0.15) is 6.92 Å². The molecule has 2 aromatic carbocycles. The zero-order valence-electron chi connectivity index (χ0n) is 15.6. The van der Waals surface area contributed by atoms with Gasteiger partial charge in [0, 0.05) is 28.4 Å². The molecule has 0 saturated heterocycles. The molecule has 1 heterocycles. The lowest BCUT2D eigenvalue weighted by atomic mass is 10.3. The summed E-state index contributed by atoms with van der Waals surface area (Å²) in [5, 5.41) is 14.7. The van der Waals surface area contributed by atoms with Crippen molar-refractivity contribution in [3.63, 3.8) is 0 Å². The lowest BCUT2D eigenvalue weighted by Crippen LogP contribution is -2.22. The maximum Gasteiger partial charge on any atom is 0.271 e. The predicted molar refractivity (Wildman–Crippen MR) is 119 cm³/mol. The molecule has 30 heavy (non-hydrogen) atoms. The molecule has 1 aromatic heterocycles. The van der Waals surface area contributed by atoms with E-state index in [2.05, 4.69) is 10.0 Å². The minimum absolute atomic E-state index is 0.0507. The zero-order chi connectivity index (χ0) is 21.7. The molecule has 1 atom stereocenters. The molecule has 0 aliphatic rings. The van der Waals surface area contributed by atoms with Crippen LogP contribution in [0.2, 0.25) is 0 Å². The molecular weight excluding hydrogens is 446 g/mol. The fourth-order valence-corrected chi connectivity index (χ4v) is 5.31. The third-order valence-corrected chi connectivity index (χ3v) is 7.78. The van der Waals surface area contributed by atoms with Crippen molar-refractivity contribution in [2.45, 2.75) is 21.3 Å². The number of carbonyl (C=O) groups excluding carboxylic acids is 1. The second-order valence-corrected chi connectivity index (χ2v) is 10.4. The first kappa shape index (κ1) is 21.8. The van der Waals surface area contributed by atoms with Crippen molar-refractivity contribution in [1.82, 2.24) is 0 Å². The van der Waals surface area contributed by atoms with Gasteiger partial charge in [-0.05, 0) is 54.8 Å². The first-order chi connectivity index (χ1) is 14.2. The van der Waals surface area contributed by atoms with Gasteiger partial charge in [-0.2, -0.15) is 0 Å². The molecule has 0 radical (unpaired) electrons. The lowest BCUT2D eigenvalue weighted by molar-refractivity contribution is -0.384. The summed E-state index contributed by atoms with van der Waals surface area (Å²) in [6, 6.07) is 15.5. The Balaban J connectivity index is 1.58. The van der Waals surface area contributed by atoms with Crippen molar-refractivity contribution >= 4 is 56.1 Å². The fraction of sp³-hybridized carbons (Fsp3) is 0.105. The van der Waals surface area contributed by atoms with Crippen LogP contribution in [0.5, 0.6) is 0 Å². The van der Waals surface area contributed by atoms with E-state index in [4.69, 9.17) is 0 Å². The van der Waals surface area contributed by atoms with Crippen LogP contribution in [-0.4, -0.2) is 24.5 Å². The SMILES string of the molecule is CC(Sc1ccc(NS(=O)(=O)c2cccs2)cc1)C(=O)Nc1ccc([N+](=O)[O-])cc1. The summed E-state index contributed by atoms with van der Waals surface area (Å²) in [4.78, 5) is 23.3. The minimum Gasteiger partial charge on any atom is -0.325 e. The highest BCUT2D eigenvalue weighted by atomic mass is 32.2. The Bertz CT molecular complexity index is 1130. The van der Waals surface area contributed by atoms with Gasteiger partial charge in [-0.15, -0.1) is 23.1 Å². The predicted octanol–water partition coefficient (Wildman–Crippen LogP) is 4.58. The first-order valence-electron chi connectivity index (χ1n) is 8.63. The second-order valence-electron chi connectivity index (χ2n) is 6.12. The van der Waals surface area contributed by atoms with Crippen LogP contribution in [-0.2, 0) is 14.8 Å². The van der Waals surface area contributed by atoms with E-state index < -0.39 is 20.2 Å². The number of hydrogen-bond acceptors (Lipinski definition) is 7. The van der Waals surface area contributed by atoms with E-state index in [-0.39, 0.29) is 15.8 Å². The van der Waals surface area contributed by atoms with Gasteiger partial charge in [-0.1, -0.05) is 6.07 Å². The Morgan fingerprint density at radius 3 is 2.27 bits per heavy atom. The molecule has 0 bridgehead atoms. The molecule has 11 heteroatoms. The van der Waals surface area contributed by atoms with Gasteiger partial charge in [0.15, 0.2) is 0 Å². The molecule has 1 unspecified atom stereocenters. The highest BCUT2D eigenvalue weighted by Gasteiger charge is 2.17. The molecule has 3 aromatic rings. The van der Waals surface area contributed by atoms with Crippen molar-refractivity contribution in [3.05, 3.63) is 76.2 Å². The number of nitrogens with zero attached hydrogens (tertiary/aromatic N) is 1. The molecule has 0 aliphatic carbocycles. The second kappa shape index (κ2) is 9.28. The zero-order valence-corrected chi connectivity index (χ0v) is 18.1. The van der Waals surface area contributed by atoms with E-state index in [1.165, 1.54) is 42.1 Å². The third-order valence-electron chi connectivity index (χ3n) is 3.89. The van der Waals surface area contributed by atoms with E-state index in [1.807, 2.05) is 0 Å². The average Bonchev–Trinajstić information content (AvgIpc) is 3.25. The van der Waals surface area contributed by atoms with Gasteiger partial charge in [-0.25, -0.2) is 8.42 Å². The number of anilines is 2. The van der Waals surface area contributed by atoms with Crippen LogP contribution >= 0.6 is 23.1 Å². The number of sulfonamides is 1. The number of amides is 1. The van der Waals surface area contributed by atoms with E-state index in [9.17, 15) is 23.3 Å². The van der Waals surface area contributed by atoms with Gasteiger partial charge in [0.05, 0.1) is 10.2 Å². The number of non-ortho nitro benzene ring substituents is 1. The smallest absolute Gasteiger partial charge is 0.271 e. The standard InChI is InChI=1S/C19H17N3O5S3/c1-13(19(23)20-14-4-8-16(9-5-14)22(24)25)29-17-10-6-15(7-11-17)21-30(26,27)18-3-2-12-28-18/h2-13,21H,1H3,(H,20,23). The van der Waals surface area contributed by atoms with Crippen LogP contribution in [0, 0.1) is 10.1 Å². The number of nitro groups is 1. The Hall–Kier alpha value is -2.89. The molecule has 0 spiro atoms. The number of carbonyl (C=O) groups is 1. The molecule has 0 aliphatic heterocycles. The number of rotatable bonds is 8. The Labute approximate surface area is 181 Å². The lowest BCUT2D eigenvalue weighted by Gasteiger charge is -2.12. The molecular formula is C19H17N3O5S3. The molecule has 0 fully saturated rings. The van der Waals surface area contributed by atoms with Gasteiger partial charge < -0.3 is 5.32 Å². The summed E-state index contributed by atoms with van der Waals surface area (Å²) < 4.78 is 27.2. The van der Waals surface area contributed by atoms with Crippen LogP contribution in [0.3, 0.4) is 0 Å². The summed E-state index contributed by atoms with van der Waals surface area (Å²) in [5.74, 6) is -0.253. The van der Waals surface area contributed by atoms with E-state index in [0.29, 0.717) is 11.4 Å². The molecule has 2 N–H and O–H groups in total. The van der Waals surface area contributed by atoms with Crippen molar-refractivity contribution in [2.75, 3.05) is 10.0 Å². The third kappa shape index (κ3) is 5.59. The van der Waals surface area contributed by atoms with Crippen LogP contribution in [0.4, 0.5) is 17.1 Å². The molecule has 8 nitrogen and oxygen atoms in total. The minimum atomic E-state index is -3.61. The average molecular weight is 464 g/mol. The molecule has 1 amide bonds. The van der Waals surface area contributed by atoms with Gasteiger partial charge in [0.1, 0.15) is 4.21 Å². The van der Waals surface area contributed by atoms with E-state index >= 15 is 0 Å². The van der Waals surface area contributed by atoms with E-state index in [0.717, 1.165) is 16.2 Å². The van der Waals surface area contributed by atoms with Gasteiger partial charge >= 0.3 is 0 Å². The number of nitrogens with one attached hydrogen (secondary N) is 2. The fourth-order valence-electron chi connectivity index (χ4n) is 2.39. The molecule has 156 valence electrons. The van der Waals surface area contributed by atoms with Crippen LogP contribution in [0.15, 0.2) is 75.1 Å². The first-order valence-corrected chi connectivity index (χ1v) is 11.9. The quantitative estimate of drug-likeness (QED) is 0.287. The number of thiophene rings is 1. The normalized spacial score (nSPS) is 12.2. The summed E-state index contributed by atoms with van der Waals surface area (Å²) in [6.45, 7) is 1.73. The topological polar surface area (TPSA) is 118 Å². The largest absolute Gasteiger partial charge is 0.325 e. The summed E-state index contributed by atoms with van der Waals surface area (Å²) >= 11 is 2.44. The maximum absolute atomic E-state index is 12.4. The van der Waals surface area contributed by atoms with E-state index in [1.54, 1.807) is 42.6 Å². The molecule has 3 rings (SSSR count). The summed E-state index contributed by atoms with van der Waals surface area (Å²) in [5.41, 5.74) is 0.845. The van der Waals surface area contributed by atoms with Crippen molar-refractivity contribution in [3.8, 4) is 0 Å². The van der Waals surface area contributed by atoms with Crippen LogP contribution < -0.4 is 10.0 Å². The number of nitro benzene ring substituents is 1. The number of thioether (sulfide) groups is 1. The maximum atomic E-state index is 12.4. The highest BCUT2D eigenvalue weighted by molar-refractivity contribution is 8.00. The van der Waals surface area contributed by atoms with Crippen molar-refractivity contribution < 1.29 is 18.1 Å². The monoisotopic (exact) mass is 463 g/mol. The van der Waals surface area contributed by atoms with Gasteiger partial charge in [0.2, 0.25) is 5.91 Å². The molecule has 0 saturated carbocycles. The Morgan fingerprint density at radius 1 is 1.07 bits per heavy atom. The Morgan fingerprint density at radius 2 is 1.70 bits per heavy atom. The van der Waals surface area contributed by atoms with Gasteiger partial charge in [-0.3, -0.25) is 19.6 Å². The van der Waals surface area contributed by atoms with Crippen LogP contribution in [0.25, 0.3) is 0 Å². The Kier molecular flexibility index (Phi) is 6.75. The van der Waals surface area contributed by atoms with Crippen molar-refractivity contribution in [2.24, 2.45) is 0 Å². The summed E-state index contributed by atoms with van der Waals surface area (Å²) in [7, 11) is -3.61. The van der Waals surface area contributed by atoms with Gasteiger partial charge in [0.25, 0.3) is 15.7 Å². The number of hydrogen-bond donors (Lipinski definition) is 2. The number of benzene rings is 2. The highest BCUT2D eigenvalue weighted by Crippen LogP contribution is 2.27. The van der Waals surface area contributed by atoms with Crippen molar-refractivity contribution in [1.29, 1.82) is 0 Å².